The van der Waals surface area contributed by atoms with Crippen molar-refractivity contribution in [1.82, 2.24) is 14.9 Å². The molecule has 0 spiro atoms. The van der Waals surface area contributed by atoms with Gasteiger partial charge in [-0.15, -0.1) is 0 Å². The van der Waals surface area contributed by atoms with Crippen molar-refractivity contribution in [3.63, 3.8) is 0 Å². The number of carbonyl (C=O) groups is 1. The number of hydrogen-bond acceptors (Lipinski definition) is 3. The zero-order chi connectivity index (χ0) is 23.0. The minimum atomic E-state index is -2.82. The molecule has 3 rings (SSSR count). The van der Waals surface area contributed by atoms with Crippen molar-refractivity contribution < 1.29 is 19.1 Å². The van der Waals surface area contributed by atoms with Crippen LogP contribution < -0.4 is 0 Å². The molecule has 1 amide bonds. The smallest absolute Gasteiger partial charge is 0.253 e. The van der Waals surface area contributed by atoms with Crippen LogP contribution in [-0.2, 0) is 6.42 Å². The lowest BCUT2D eigenvalue weighted by molar-refractivity contribution is 0.0389. The number of aryl methyl sites for hydroxylation is 2. The van der Waals surface area contributed by atoms with Crippen LogP contribution in [-0.4, -0.2) is 39.5 Å². The Morgan fingerprint density at radius 2 is 2.15 bits per heavy atom. The highest BCUT2D eigenvalue weighted by atomic mass is 35.5. The normalized spacial score (nSPS) is 24.5. The van der Waals surface area contributed by atoms with Crippen LogP contribution in [0.4, 0.5) is 8.78 Å². The summed E-state index contributed by atoms with van der Waals surface area (Å²) < 4.78 is 62.3. The molecule has 1 aromatic heterocycles. The highest BCUT2D eigenvalue weighted by Crippen LogP contribution is 2.32. The average molecular weight is 398 g/mol. The topological polar surface area (TPSA) is 46.1 Å². The highest BCUT2D eigenvalue weighted by Gasteiger charge is 2.35. The van der Waals surface area contributed by atoms with Gasteiger partial charge in [-0.3, -0.25) is 4.79 Å². The zero-order valence-electron chi connectivity index (χ0n) is 18.8. The van der Waals surface area contributed by atoms with Gasteiger partial charge in [0.05, 0.1) is 5.02 Å². The summed E-state index contributed by atoms with van der Waals surface area (Å²) in [5, 5.41) is -0.250. The number of likely N-dealkylation sites (tertiary alicyclic amines) is 1. The Morgan fingerprint density at radius 3 is 2.81 bits per heavy atom. The van der Waals surface area contributed by atoms with Crippen LogP contribution in [0, 0.1) is 12.7 Å². The third-order valence-electron chi connectivity index (χ3n) is 4.32. The molecule has 0 radical (unpaired) electrons. The Labute approximate surface area is 168 Å². The summed E-state index contributed by atoms with van der Waals surface area (Å²) in [6.45, 7) is 0.978. The van der Waals surface area contributed by atoms with Crippen molar-refractivity contribution >= 4 is 17.5 Å². The Balaban J connectivity index is 1.74. The van der Waals surface area contributed by atoms with Gasteiger partial charge in [-0.1, -0.05) is 11.6 Å². The maximum Gasteiger partial charge on any atom is 0.253 e. The van der Waals surface area contributed by atoms with Crippen LogP contribution >= 0.6 is 11.6 Å². The quantitative estimate of drug-likeness (QED) is 0.743. The molecule has 1 aliphatic heterocycles. The standard InChI is InChI=1S/C20H22ClF2N3O/c1-14-12-24-18(25-13-14)3-2-6-20(23)7-9-26(10-8-20)19(27)15-4-5-17(22)16(21)11-15/h4-5,11-13H,2-3,6-10H2,1H3/i6D2,7D2. The first-order valence-electron chi connectivity index (χ1n) is 10.6. The molecule has 1 aromatic carbocycles. The molecule has 27 heavy (non-hydrogen) atoms. The first-order chi connectivity index (χ1) is 14.4. The maximum absolute atomic E-state index is 15.9. The summed E-state index contributed by atoms with van der Waals surface area (Å²) >= 11 is 5.71. The van der Waals surface area contributed by atoms with Crippen LogP contribution in [0.2, 0.25) is 5.02 Å². The molecule has 2 heterocycles. The third-order valence-corrected chi connectivity index (χ3v) is 4.61. The van der Waals surface area contributed by atoms with Crippen molar-refractivity contribution in [2.45, 2.75) is 44.6 Å². The second-order valence-corrected chi connectivity index (χ2v) is 6.84. The molecular weight excluding hydrogens is 372 g/mol. The van der Waals surface area contributed by atoms with E-state index >= 15 is 4.39 Å². The summed E-state index contributed by atoms with van der Waals surface area (Å²) in [6.07, 6.45) is -2.80. The third kappa shape index (κ3) is 5.01. The van der Waals surface area contributed by atoms with Gasteiger partial charge >= 0.3 is 0 Å². The number of rotatable bonds is 5. The number of piperidine rings is 1. The molecular formula is C20H22ClF2N3O. The van der Waals surface area contributed by atoms with Gasteiger partial charge in [0.25, 0.3) is 5.91 Å². The summed E-state index contributed by atoms with van der Waals surface area (Å²) in [7, 11) is 0. The van der Waals surface area contributed by atoms with E-state index in [0.29, 0.717) is 5.82 Å². The summed E-state index contributed by atoms with van der Waals surface area (Å²) in [4.78, 5) is 22.0. The lowest BCUT2D eigenvalue weighted by Crippen LogP contribution is -2.44. The molecule has 1 unspecified atom stereocenters. The lowest BCUT2D eigenvalue weighted by atomic mass is 9.88. The van der Waals surface area contributed by atoms with Crippen molar-refractivity contribution in [2.24, 2.45) is 0 Å². The highest BCUT2D eigenvalue weighted by molar-refractivity contribution is 6.31. The van der Waals surface area contributed by atoms with Crippen molar-refractivity contribution in [1.29, 1.82) is 0 Å². The van der Waals surface area contributed by atoms with Crippen LogP contribution in [0.25, 0.3) is 0 Å². The number of aromatic nitrogens is 2. The van der Waals surface area contributed by atoms with Crippen LogP contribution in [0.5, 0.6) is 0 Å². The molecule has 1 fully saturated rings. The zero-order valence-corrected chi connectivity index (χ0v) is 15.6. The second kappa shape index (κ2) is 8.30. The molecule has 1 saturated heterocycles. The maximum atomic E-state index is 15.9. The van der Waals surface area contributed by atoms with Gasteiger partial charge in [0.15, 0.2) is 0 Å². The first kappa shape index (κ1) is 14.9. The largest absolute Gasteiger partial charge is 0.338 e. The van der Waals surface area contributed by atoms with E-state index in [2.05, 4.69) is 9.97 Å². The van der Waals surface area contributed by atoms with Crippen molar-refractivity contribution in [3.8, 4) is 0 Å². The Bertz CT molecular complexity index is 977. The Kier molecular flexibility index (Phi) is 4.58. The van der Waals surface area contributed by atoms with Crippen LogP contribution in [0.1, 0.15) is 52.8 Å². The average Bonchev–Trinajstić information content (AvgIpc) is 2.71. The fraction of sp³-hybridized carbons (Fsp3) is 0.450. The predicted molar refractivity (Wildman–Crippen MR) is 100 cm³/mol. The molecule has 4 nitrogen and oxygen atoms in total. The Morgan fingerprint density at radius 1 is 1.41 bits per heavy atom. The van der Waals surface area contributed by atoms with Gasteiger partial charge in [0, 0.05) is 43.0 Å². The Hall–Kier alpha value is -2.08. The van der Waals surface area contributed by atoms with Gasteiger partial charge in [-0.05, 0) is 56.3 Å². The fourth-order valence-corrected chi connectivity index (χ4v) is 2.91. The van der Waals surface area contributed by atoms with Gasteiger partial charge < -0.3 is 4.90 Å². The van der Waals surface area contributed by atoms with E-state index in [1.165, 1.54) is 6.07 Å². The van der Waals surface area contributed by atoms with E-state index in [9.17, 15) is 9.18 Å². The van der Waals surface area contributed by atoms with E-state index < -0.39 is 43.1 Å². The van der Waals surface area contributed by atoms with Gasteiger partial charge in [0.2, 0.25) is 0 Å². The number of alkyl halides is 1. The lowest BCUT2D eigenvalue weighted by Gasteiger charge is -2.36. The van der Waals surface area contributed by atoms with Crippen LogP contribution in [0.3, 0.4) is 0 Å². The summed E-state index contributed by atoms with van der Waals surface area (Å²) in [5.41, 5.74) is -1.93. The van der Waals surface area contributed by atoms with E-state index in [0.717, 1.165) is 22.6 Å². The SMILES string of the molecule is [2H]C([2H])(CCc1ncc(C)cn1)C1(F)CCN(C(=O)c2ccc(F)c(Cl)c2)CC1([2H])[2H]. The second-order valence-electron chi connectivity index (χ2n) is 6.44. The van der Waals surface area contributed by atoms with Gasteiger partial charge in [-0.2, -0.15) is 0 Å². The van der Waals surface area contributed by atoms with Crippen molar-refractivity contribution in [2.75, 3.05) is 13.1 Å². The molecule has 0 saturated carbocycles. The summed E-state index contributed by atoms with van der Waals surface area (Å²) in [6, 6.07) is 3.38. The molecule has 7 heteroatoms. The number of nitrogens with zero attached hydrogens (tertiary/aromatic N) is 3. The van der Waals surface area contributed by atoms with Gasteiger partial charge in [-0.25, -0.2) is 18.7 Å². The first-order valence-corrected chi connectivity index (χ1v) is 8.95. The molecule has 144 valence electrons. The number of carbonyl (C=O) groups excluding carboxylic acids is 1. The molecule has 2 aromatic rings. The molecule has 0 N–H and O–H groups in total. The number of benzene rings is 1. The molecule has 1 atom stereocenters. The predicted octanol–water partition coefficient (Wildman–Crippen LogP) is 4.54. The number of halogens is 3. The van der Waals surface area contributed by atoms with Gasteiger partial charge in [0.1, 0.15) is 17.3 Å². The van der Waals surface area contributed by atoms with E-state index in [1.807, 2.05) is 6.92 Å². The minimum absolute atomic E-state index is 0.0474. The number of amides is 1. The monoisotopic (exact) mass is 397 g/mol. The van der Waals surface area contributed by atoms with E-state index in [4.69, 9.17) is 17.1 Å². The van der Waals surface area contributed by atoms with Crippen molar-refractivity contribution in [3.05, 3.63) is 58.4 Å². The number of hydrogen-bond donors (Lipinski definition) is 0. The molecule has 0 aliphatic carbocycles. The fourth-order valence-electron chi connectivity index (χ4n) is 2.73. The minimum Gasteiger partial charge on any atom is -0.338 e. The van der Waals surface area contributed by atoms with E-state index in [-0.39, 0.29) is 30.0 Å². The van der Waals surface area contributed by atoms with Crippen LogP contribution in [0.15, 0.2) is 30.6 Å². The van der Waals surface area contributed by atoms with E-state index in [1.54, 1.807) is 12.4 Å². The molecule has 0 bridgehead atoms. The summed E-state index contributed by atoms with van der Waals surface area (Å²) in [5.74, 6) is -0.971. The molecule has 1 aliphatic rings.